The molecule has 0 bridgehead atoms. The summed E-state index contributed by atoms with van der Waals surface area (Å²) in [7, 11) is 0. The highest BCUT2D eigenvalue weighted by Crippen LogP contribution is 2.21. The Bertz CT molecular complexity index is 175. The fourth-order valence-corrected chi connectivity index (χ4v) is 1.55. The van der Waals surface area contributed by atoms with Crippen LogP contribution in [0, 0.1) is 5.92 Å². The molecule has 0 amide bonds. The minimum atomic E-state index is -0.138. The van der Waals surface area contributed by atoms with Gasteiger partial charge in [-0.25, -0.2) is 0 Å². The predicted octanol–water partition coefficient (Wildman–Crippen LogP) is 2.74. The lowest BCUT2D eigenvalue weighted by Gasteiger charge is -2.30. The second-order valence-electron chi connectivity index (χ2n) is 3.88. The van der Waals surface area contributed by atoms with Gasteiger partial charge in [-0.1, -0.05) is 19.9 Å². The van der Waals surface area contributed by atoms with E-state index in [1.54, 1.807) is 0 Å². The van der Waals surface area contributed by atoms with E-state index in [1.165, 1.54) is 0 Å². The van der Waals surface area contributed by atoms with Gasteiger partial charge in [0.05, 0.1) is 12.2 Å². The van der Waals surface area contributed by atoms with E-state index in [-0.39, 0.29) is 12.4 Å². The monoisotopic (exact) mass is 184 g/mol. The summed E-state index contributed by atoms with van der Waals surface area (Å²) in [6.07, 6.45) is 5.64. The molecule has 1 heterocycles. The van der Waals surface area contributed by atoms with Crippen molar-refractivity contribution in [2.45, 2.75) is 52.6 Å². The van der Waals surface area contributed by atoms with Gasteiger partial charge in [0.1, 0.15) is 0 Å². The van der Waals surface area contributed by atoms with Crippen LogP contribution in [0.5, 0.6) is 0 Å². The van der Waals surface area contributed by atoms with Crippen LogP contribution >= 0.6 is 0 Å². The standard InChI is InChI=1S/C11H20O2/c1-5-10-9(4)6-7-11(13-10)12-8(2)3/h6-11H,5H2,1-4H3/t9-,10+,11-/m0/s1. The summed E-state index contributed by atoms with van der Waals surface area (Å²) in [5.41, 5.74) is 0. The molecule has 0 fully saturated rings. The largest absolute Gasteiger partial charge is 0.346 e. The van der Waals surface area contributed by atoms with Gasteiger partial charge < -0.3 is 9.47 Å². The van der Waals surface area contributed by atoms with Gasteiger partial charge in [0.15, 0.2) is 6.29 Å². The molecule has 0 N–H and O–H groups in total. The summed E-state index contributed by atoms with van der Waals surface area (Å²) in [6, 6.07) is 0. The van der Waals surface area contributed by atoms with Crippen molar-refractivity contribution in [2.24, 2.45) is 5.92 Å². The van der Waals surface area contributed by atoms with Crippen molar-refractivity contribution >= 4 is 0 Å². The summed E-state index contributed by atoms with van der Waals surface area (Å²) in [4.78, 5) is 0. The van der Waals surface area contributed by atoms with Gasteiger partial charge in [-0.05, 0) is 26.3 Å². The van der Waals surface area contributed by atoms with Crippen molar-refractivity contribution in [1.29, 1.82) is 0 Å². The lowest BCUT2D eigenvalue weighted by molar-refractivity contribution is -0.174. The van der Waals surface area contributed by atoms with Crippen LogP contribution in [0.15, 0.2) is 12.2 Å². The first-order valence-electron chi connectivity index (χ1n) is 5.12. The van der Waals surface area contributed by atoms with Crippen LogP contribution in [-0.4, -0.2) is 18.5 Å². The molecule has 0 aromatic rings. The van der Waals surface area contributed by atoms with Crippen molar-refractivity contribution < 1.29 is 9.47 Å². The van der Waals surface area contributed by atoms with Gasteiger partial charge in [0, 0.05) is 5.92 Å². The van der Waals surface area contributed by atoms with Crippen LogP contribution in [0.3, 0.4) is 0 Å². The van der Waals surface area contributed by atoms with Gasteiger partial charge in [-0.3, -0.25) is 0 Å². The van der Waals surface area contributed by atoms with E-state index in [2.05, 4.69) is 19.9 Å². The quantitative estimate of drug-likeness (QED) is 0.628. The molecule has 0 aromatic carbocycles. The average molecular weight is 184 g/mol. The highest BCUT2D eigenvalue weighted by atomic mass is 16.7. The Kier molecular flexibility index (Phi) is 3.94. The maximum absolute atomic E-state index is 5.75. The molecule has 3 atom stereocenters. The Morgan fingerprint density at radius 2 is 2.08 bits per heavy atom. The third kappa shape index (κ3) is 3.12. The maximum atomic E-state index is 5.75. The van der Waals surface area contributed by atoms with Gasteiger partial charge >= 0.3 is 0 Å². The van der Waals surface area contributed by atoms with E-state index in [0.717, 1.165) is 6.42 Å². The first kappa shape index (κ1) is 10.7. The molecule has 0 saturated carbocycles. The summed E-state index contributed by atoms with van der Waals surface area (Å²) >= 11 is 0. The Morgan fingerprint density at radius 1 is 1.38 bits per heavy atom. The first-order valence-corrected chi connectivity index (χ1v) is 5.12. The number of rotatable bonds is 3. The molecule has 2 heteroatoms. The van der Waals surface area contributed by atoms with E-state index >= 15 is 0 Å². The molecule has 1 aliphatic heterocycles. The van der Waals surface area contributed by atoms with Gasteiger partial charge in [-0.15, -0.1) is 0 Å². The smallest absolute Gasteiger partial charge is 0.177 e. The molecule has 0 spiro atoms. The fraction of sp³-hybridized carbons (Fsp3) is 0.818. The third-order valence-corrected chi connectivity index (χ3v) is 2.28. The zero-order valence-electron chi connectivity index (χ0n) is 8.99. The van der Waals surface area contributed by atoms with Crippen molar-refractivity contribution in [3.05, 3.63) is 12.2 Å². The fourth-order valence-electron chi connectivity index (χ4n) is 1.55. The molecular formula is C11H20O2. The number of ether oxygens (including phenoxy) is 2. The van der Waals surface area contributed by atoms with Gasteiger partial charge in [-0.2, -0.15) is 0 Å². The Balaban J connectivity index is 2.48. The van der Waals surface area contributed by atoms with Crippen molar-refractivity contribution in [2.75, 3.05) is 0 Å². The SMILES string of the molecule is CC[C@H]1O[C@H](OC(C)C)C=C[C@@H]1C. The zero-order chi connectivity index (χ0) is 9.84. The van der Waals surface area contributed by atoms with Crippen LogP contribution in [0.1, 0.15) is 34.1 Å². The van der Waals surface area contributed by atoms with Gasteiger partial charge in [0.2, 0.25) is 0 Å². The molecule has 0 aliphatic carbocycles. The molecule has 2 nitrogen and oxygen atoms in total. The minimum absolute atomic E-state index is 0.138. The topological polar surface area (TPSA) is 18.5 Å². The van der Waals surface area contributed by atoms with Crippen LogP contribution in [0.4, 0.5) is 0 Å². The minimum Gasteiger partial charge on any atom is -0.346 e. The van der Waals surface area contributed by atoms with Crippen molar-refractivity contribution in [3.8, 4) is 0 Å². The summed E-state index contributed by atoms with van der Waals surface area (Å²) in [6.45, 7) is 8.37. The molecule has 0 unspecified atom stereocenters. The molecule has 13 heavy (non-hydrogen) atoms. The summed E-state index contributed by atoms with van der Waals surface area (Å²) < 4.78 is 11.3. The van der Waals surface area contributed by atoms with Crippen LogP contribution in [-0.2, 0) is 9.47 Å². The Morgan fingerprint density at radius 3 is 2.62 bits per heavy atom. The Hall–Kier alpha value is -0.340. The maximum Gasteiger partial charge on any atom is 0.177 e. The van der Waals surface area contributed by atoms with E-state index < -0.39 is 0 Å². The number of hydrogen-bond acceptors (Lipinski definition) is 2. The van der Waals surface area contributed by atoms with Crippen LogP contribution < -0.4 is 0 Å². The van der Waals surface area contributed by atoms with E-state index in [9.17, 15) is 0 Å². The molecule has 0 radical (unpaired) electrons. The normalized spacial score (nSPS) is 34.1. The van der Waals surface area contributed by atoms with E-state index in [4.69, 9.17) is 9.47 Å². The second-order valence-corrected chi connectivity index (χ2v) is 3.88. The van der Waals surface area contributed by atoms with E-state index in [1.807, 2.05) is 19.9 Å². The van der Waals surface area contributed by atoms with Crippen LogP contribution in [0.25, 0.3) is 0 Å². The highest BCUT2D eigenvalue weighted by molar-refractivity contribution is 4.97. The summed E-state index contributed by atoms with van der Waals surface area (Å²) in [5, 5.41) is 0. The van der Waals surface area contributed by atoms with Crippen molar-refractivity contribution in [1.82, 2.24) is 0 Å². The average Bonchev–Trinajstić information content (AvgIpc) is 2.07. The molecular weight excluding hydrogens is 164 g/mol. The second kappa shape index (κ2) is 4.77. The molecule has 76 valence electrons. The molecule has 0 saturated heterocycles. The highest BCUT2D eigenvalue weighted by Gasteiger charge is 2.23. The Labute approximate surface area is 80.9 Å². The summed E-state index contributed by atoms with van der Waals surface area (Å²) in [5.74, 6) is 0.511. The molecule has 0 aromatic heterocycles. The predicted molar refractivity (Wildman–Crippen MR) is 53.5 cm³/mol. The molecule has 1 rings (SSSR count). The lowest BCUT2D eigenvalue weighted by Crippen LogP contribution is -2.32. The molecule has 1 aliphatic rings. The number of hydrogen-bond donors (Lipinski definition) is 0. The van der Waals surface area contributed by atoms with Gasteiger partial charge in [0.25, 0.3) is 0 Å². The first-order chi connectivity index (χ1) is 6.13. The van der Waals surface area contributed by atoms with E-state index in [0.29, 0.717) is 12.0 Å². The lowest BCUT2D eigenvalue weighted by atomic mass is 10.00. The third-order valence-electron chi connectivity index (χ3n) is 2.28. The zero-order valence-corrected chi connectivity index (χ0v) is 8.99. The van der Waals surface area contributed by atoms with Crippen molar-refractivity contribution in [3.63, 3.8) is 0 Å². The van der Waals surface area contributed by atoms with Crippen LogP contribution in [0.2, 0.25) is 0 Å².